The number of hydrogen-bond acceptors (Lipinski definition) is 9. The van der Waals surface area contributed by atoms with Gasteiger partial charge in [-0.15, -0.1) is 0 Å². The van der Waals surface area contributed by atoms with E-state index in [1.807, 2.05) is 0 Å². The molecule has 10 heteroatoms. The van der Waals surface area contributed by atoms with Gasteiger partial charge in [0.2, 0.25) is 5.75 Å². The topological polar surface area (TPSA) is 91.4 Å². The molecule has 1 fully saturated rings. The number of nitrogens with zero attached hydrogens (tertiary/aromatic N) is 1. The highest BCUT2D eigenvalue weighted by Gasteiger charge is 2.34. The van der Waals surface area contributed by atoms with Crippen molar-refractivity contribution < 1.29 is 33.3 Å². The molecule has 0 unspecified atom stereocenters. The zero-order chi connectivity index (χ0) is 22.0. The first kappa shape index (κ1) is 21.6. The Kier molecular flexibility index (Phi) is 6.28. The lowest BCUT2D eigenvalue weighted by atomic mass is 10.1. The van der Waals surface area contributed by atoms with Crippen LogP contribution < -0.4 is 14.2 Å². The number of thioether (sulfide) groups is 1. The Balaban J connectivity index is 1.95. The van der Waals surface area contributed by atoms with Crippen LogP contribution in [0.2, 0.25) is 0 Å². The Labute approximate surface area is 182 Å². The number of benzene rings is 1. The van der Waals surface area contributed by atoms with Crippen LogP contribution in [0.25, 0.3) is 6.08 Å². The fourth-order valence-electron chi connectivity index (χ4n) is 2.77. The summed E-state index contributed by atoms with van der Waals surface area (Å²) in [4.78, 5) is 38.3. The molecule has 1 amide bonds. The molecule has 0 N–H and O–H groups in total. The van der Waals surface area contributed by atoms with E-state index in [1.165, 1.54) is 34.3 Å². The average molecular weight is 447 g/mol. The molecule has 0 aromatic heterocycles. The summed E-state index contributed by atoms with van der Waals surface area (Å²) in [6.07, 6.45) is 3.89. The van der Waals surface area contributed by atoms with E-state index >= 15 is 0 Å². The number of hydrogen-bond donors (Lipinski definition) is 0. The number of cyclic esters (lactones) is 1. The summed E-state index contributed by atoms with van der Waals surface area (Å²) in [5.74, 6) is -0.383. The van der Waals surface area contributed by atoms with Crippen molar-refractivity contribution in [2.45, 2.75) is 6.92 Å². The van der Waals surface area contributed by atoms with Crippen molar-refractivity contribution in [3.8, 4) is 17.2 Å². The van der Waals surface area contributed by atoms with Gasteiger partial charge in [0.05, 0.1) is 26.2 Å². The van der Waals surface area contributed by atoms with Crippen LogP contribution in [0.1, 0.15) is 12.5 Å². The predicted molar refractivity (Wildman–Crippen MR) is 114 cm³/mol. The number of thiocarbonyl (C=S) groups is 1. The number of allylic oxidation sites excluding steroid dienone is 2. The van der Waals surface area contributed by atoms with Crippen LogP contribution >= 0.6 is 24.0 Å². The smallest absolute Gasteiger partial charge is 0.348 e. The van der Waals surface area contributed by atoms with Gasteiger partial charge in [0, 0.05) is 12.3 Å². The van der Waals surface area contributed by atoms with Crippen LogP contribution in [0.15, 0.2) is 40.6 Å². The zero-order valence-corrected chi connectivity index (χ0v) is 18.1. The Morgan fingerprint density at radius 3 is 2.23 bits per heavy atom. The lowest BCUT2D eigenvalue weighted by Gasteiger charge is -2.14. The SMILES string of the molecule is COc1cc(C=C2SC(=S)N(C=C3C(=O)C=C(C)OC3=O)C2=O)cc(OC)c1OC. The maximum absolute atomic E-state index is 12.8. The van der Waals surface area contributed by atoms with Crippen molar-refractivity contribution in [1.82, 2.24) is 4.90 Å². The van der Waals surface area contributed by atoms with Gasteiger partial charge in [0.1, 0.15) is 11.3 Å². The molecule has 2 heterocycles. The van der Waals surface area contributed by atoms with Crippen LogP contribution in [0.5, 0.6) is 17.2 Å². The summed E-state index contributed by atoms with van der Waals surface area (Å²) in [6, 6.07) is 3.37. The van der Waals surface area contributed by atoms with Crippen LogP contribution in [-0.4, -0.2) is 48.2 Å². The fourth-order valence-corrected chi connectivity index (χ4v) is 3.97. The van der Waals surface area contributed by atoms with E-state index < -0.39 is 17.7 Å². The molecule has 2 aliphatic heterocycles. The zero-order valence-electron chi connectivity index (χ0n) is 16.5. The van der Waals surface area contributed by atoms with Crippen LogP contribution in [0, 0.1) is 0 Å². The molecule has 0 aliphatic carbocycles. The minimum absolute atomic E-state index is 0.179. The van der Waals surface area contributed by atoms with Gasteiger partial charge in [0.25, 0.3) is 5.91 Å². The molecular formula is C20H17NO7S2. The van der Waals surface area contributed by atoms with E-state index in [1.54, 1.807) is 18.2 Å². The van der Waals surface area contributed by atoms with Crippen LogP contribution in [0.3, 0.4) is 0 Å². The number of amides is 1. The summed E-state index contributed by atoms with van der Waals surface area (Å²) >= 11 is 6.29. The molecule has 1 aromatic carbocycles. The molecule has 1 saturated heterocycles. The van der Waals surface area contributed by atoms with Crippen molar-refractivity contribution in [1.29, 1.82) is 0 Å². The van der Waals surface area contributed by atoms with Gasteiger partial charge in [-0.25, -0.2) is 4.79 Å². The standard InChI is InChI=1S/C20H17NO7S2/c1-10-5-13(22)12(19(24)28-10)9-21-18(23)16(30-20(21)29)8-11-6-14(25-2)17(27-4)15(7-11)26-3/h5-9H,1-4H3. The second kappa shape index (κ2) is 8.72. The van der Waals surface area contributed by atoms with E-state index in [-0.39, 0.29) is 15.7 Å². The molecule has 0 saturated carbocycles. The Bertz CT molecular complexity index is 1030. The van der Waals surface area contributed by atoms with E-state index in [0.717, 1.165) is 22.9 Å². The molecular weight excluding hydrogens is 430 g/mol. The Hall–Kier alpha value is -3.11. The molecule has 3 rings (SSSR count). The summed E-state index contributed by atoms with van der Waals surface area (Å²) < 4.78 is 21.0. The number of carbonyl (C=O) groups excluding carboxylic acids is 3. The van der Waals surface area contributed by atoms with Crippen molar-refractivity contribution in [3.63, 3.8) is 0 Å². The Morgan fingerprint density at radius 1 is 1.07 bits per heavy atom. The van der Waals surface area contributed by atoms with Crippen molar-refractivity contribution in [3.05, 3.63) is 46.2 Å². The van der Waals surface area contributed by atoms with Crippen molar-refractivity contribution >= 4 is 52.0 Å². The fraction of sp³-hybridized carbons (Fsp3) is 0.200. The number of methoxy groups -OCH3 is 3. The average Bonchev–Trinajstić information content (AvgIpc) is 2.96. The van der Waals surface area contributed by atoms with Gasteiger partial charge in [0.15, 0.2) is 21.6 Å². The quantitative estimate of drug-likeness (QED) is 0.292. The van der Waals surface area contributed by atoms with Crippen LogP contribution in [-0.2, 0) is 19.1 Å². The minimum atomic E-state index is -0.831. The normalized spacial score (nSPS) is 19.3. The lowest BCUT2D eigenvalue weighted by molar-refractivity contribution is -0.137. The van der Waals surface area contributed by atoms with E-state index in [9.17, 15) is 14.4 Å². The van der Waals surface area contributed by atoms with E-state index in [4.69, 9.17) is 31.2 Å². The lowest BCUT2D eigenvalue weighted by Crippen LogP contribution is -2.27. The molecule has 0 radical (unpaired) electrons. The van der Waals surface area contributed by atoms with Gasteiger partial charge in [-0.05, 0) is 30.7 Å². The number of ether oxygens (including phenoxy) is 4. The van der Waals surface area contributed by atoms with Gasteiger partial charge in [-0.3, -0.25) is 14.5 Å². The van der Waals surface area contributed by atoms with Gasteiger partial charge in [-0.2, -0.15) is 0 Å². The molecule has 30 heavy (non-hydrogen) atoms. The molecule has 8 nitrogen and oxygen atoms in total. The van der Waals surface area contributed by atoms with Crippen molar-refractivity contribution in [2.75, 3.05) is 21.3 Å². The van der Waals surface area contributed by atoms with E-state index in [2.05, 4.69) is 0 Å². The third kappa shape index (κ3) is 4.10. The van der Waals surface area contributed by atoms with Crippen molar-refractivity contribution in [2.24, 2.45) is 0 Å². The number of carbonyl (C=O) groups is 3. The highest BCUT2D eigenvalue weighted by molar-refractivity contribution is 8.26. The summed E-state index contributed by atoms with van der Waals surface area (Å²) in [7, 11) is 4.47. The second-order valence-electron chi connectivity index (χ2n) is 6.06. The third-order valence-corrected chi connectivity index (χ3v) is 5.47. The number of rotatable bonds is 5. The molecule has 2 aliphatic rings. The van der Waals surface area contributed by atoms with Gasteiger partial charge >= 0.3 is 5.97 Å². The molecule has 1 aromatic rings. The maximum atomic E-state index is 12.8. The predicted octanol–water partition coefficient (Wildman–Crippen LogP) is 2.83. The highest BCUT2D eigenvalue weighted by atomic mass is 32.2. The summed E-state index contributed by atoms with van der Waals surface area (Å²) in [5.41, 5.74) is 0.343. The summed E-state index contributed by atoms with van der Waals surface area (Å²) in [6.45, 7) is 1.49. The first-order valence-corrected chi connectivity index (χ1v) is 9.75. The first-order valence-electron chi connectivity index (χ1n) is 8.52. The molecule has 0 bridgehead atoms. The third-order valence-electron chi connectivity index (χ3n) is 4.14. The summed E-state index contributed by atoms with van der Waals surface area (Å²) in [5, 5.41) is 0. The van der Waals surface area contributed by atoms with Gasteiger partial charge < -0.3 is 18.9 Å². The highest BCUT2D eigenvalue weighted by Crippen LogP contribution is 2.40. The Morgan fingerprint density at radius 2 is 1.70 bits per heavy atom. The molecule has 0 spiro atoms. The van der Waals surface area contributed by atoms with Gasteiger partial charge in [-0.1, -0.05) is 24.0 Å². The second-order valence-corrected chi connectivity index (χ2v) is 7.74. The first-order chi connectivity index (χ1) is 14.3. The molecule has 0 atom stereocenters. The van der Waals surface area contributed by atoms with E-state index in [0.29, 0.717) is 27.7 Å². The maximum Gasteiger partial charge on any atom is 0.348 e. The number of esters is 1. The largest absolute Gasteiger partial charge is 0.493 e. The minimum Gasteiger partial charge on any atom is -0.493 e. The number of ketones is 1. The van der Waals surface area contributed by atoms with Crippen LogP contribution in [0.4, 0.5) is 0 Å². The monoisotopic (exact) mass is 447 g/mol. The molecule has 156 valence electrons.